The van der Waals surface area contributed by atoms with Crippen molar-refractivity contribution in [1.82, 2.24) is 0 Å². The molecule has 0 N–H and O–H groups in total. The Kier molecular flexibility index (Phi) is 7.43. The molecule has 0 saturated heterocycles. The molecule has 0 amide bonds. The van der Waals surface area contributed by atoms with Gasteiger partial charge in [0.2, 0.25) is 0 Å². The minimum atomic E-state index is -4.67. The Morgan fingerprint density at radius 3 is 2.00 bits per heavy atom. The molecular formula is C20H21F3O5S. The predicted octanol–water partition coefficient (Wildman–Crippen LogP) is 4.59. The van der Waals surface area contributed by atoms with E-state index in [1.807, 2.05) is 0 Å². The van der Waals surface area contributed by atoms with Crippen molar-refractivity contribution in [2.24, 2.45) is 5.92 Å². The van der Waals surface area contributed by atoms with Crippen LogP contribution in [0.3, 0.4) is 0 Å². The van der Waals surface area contributed by atoms with Crippen LogP contribution in [0.5, 0.6) is 0 Å². The summed E-state index contributed by atoms with van der Waals surface area (Å²) >= 11 is 0. The van der Waals surface area contributed by atoms with Crippen molar-refractivity contribution in [3.05, 3.63) is 66.2 Å². The molecule has 0 aromatic heterocycles. The van der Waals surface area contributed by atoms with Gasteiger partial charge in [-0.3, -0.25) is 4.18 Å². The zero-order valence-electron chi connectivity index (χ0n) is 15.8. The Hall–Kier alpha value is -2.39. The molecule has 3 atom stereocenters. The quantitative estimate of drug-likeness (QED) is 0.452. The first-order valence-electron chi connectivity index (χ1n) is 8.81. The largest absolute Gasteiger partial charge is 0.459 e. The number of hydrogen-bond acceptors (Lipinski definition) is 5. The molecule has 2 aromatic rings. The number of ether oxygens (including phenoxy) is 1. The van der Waals surface area contributed by atoms with Crippen LogP contribution in [0.25, 0.3) is 0 Å². The highest BCUT2D eigenvalue weighted by Gasteiger charge is 2.40. The van der Waals surface area contributed by atoms with E-state index in [0.29, 0.717) is 0 Å². The van der Waals surface area contributed by atoms with E-state index in [1.54, 1.807) is 24.3 Å². The fourth-order valence-electron chi connectivity index (χ4n) is 2.56. The van der Waals surface area contributed by atoms with Crippen molar-refractivity contribution < 1.29 is 35.3 Å². The van der Waals surface area contributed by atoms with Crippen LogP contribution < -0.4 is 0 Å². The molecule has 3 unspecified atom stereocenters. The predicted molar refractivity (Wildman–Crippen MR) is 99.7 cm³/mol. The maximum atomic E-state index is 13.1. The zero-order chi connectivity index (χ0) is 21.7. The summed E-state index contributed by atoms with van der Waals surface area (Å²) in [5.41, 5.74) is 0.233. The summed E-state index contributed by atoms with van der Waals surface area (Å²) in [6.07, 6.45) is -8.97. The normalized spacial score (nSPS) is 15.3. The fraction of sp³-hybridized carbons (Fsp3) is 0.350. The lowest BCUT2D eigenvalue weighted by Crippen LogP contribution is -2.37. The number of carbonyl (C=O) groups excluding carboxylic acids is 1. The molecule has 9 heteroatoms. The second-order valence-corrected chi connectivity index (χ2v) is 8.13. The number of benzene rings is 2. The molecule has 158 valence electrons. The number of alkyl halides is 3. The topological polar surface area (TPSA) is 69.7 Å². The summed E-state index contributed by atoms with van der Waals surface area (Å²) in [7, 11) is -4.43. The third kappa shape index (κ3) is 6.86. The van der Waals surface area contributed by atoms with Gasteiger partial charge in [0, 0.05) is 5.92 Å². The minimum Gasteiger partial charge on any atom is -0.459 e. The lowest BCUT2D eigenvalue weighted by Gasteiger charge is -2.29. The van der Waals surface area contributed by atoms with E-state index in [9.17, 15) is 26.4 Å². The molecule has 0 bridgehead atoms. The maximum Gasteiger partial charge on any atom is 0.391 e. The molecule has 0 spiro atoms. The van der Waals surface area contributed by atoms with Gasteiger partial charge in [0.1, 0.15) is 6.10 Å². The van der Waals surface area contributed by atoms with Gasteiger partial charge in [0.15, 0.2) is 0 Å². The van der Waals surface area contributed by atoms with Gasteiger partial charge in [-0.05, 0) is 31.2 Å². The average molecular weight is 430 g/mol. The Morgan fingerprint density at radius 2 is 1.48 bits per heavy atom. The molecule has 5 nitrogen and oxygen atoms in total. The van der Waals surface area contributed by atoms with Crippen LogP contribution in [-0.2, 0) is 19.0 Å². The summed E-state index contributed by atoms with van der Waals surface area (Å²) in [5, 5.41) is 0. The molecule has 2 aromatic carbocycles. The second-order valence-electron chi connectivity index (χ2n) is 6.56. The summed E-state index contributed by atoms with van der Waals surface area (Å²) in [6, 6.07) is 14.8. The number of hydrogen-bond donors (Lipinski definition) is 0. The monoisotopic (exact) mass is 430 g/mol. The standard InChI is InChI=1S/C20H21F3O5S/c1-14(15(2)27-19(24)16-9-5-3-6-10-16)18(13-20(21,22)23)28-29(25,26)17-11-7-4-8-12-17/h3-12,14-15,18H,13H2,1-2H3. The van der Waals surface area contributed by atoms with Gasteiger partial charge in [-0.15, -0.1) is 0 Å². The number of esters is 1. The van der Waals surface area contributed by atoms with Gasteiger partial charge in [0.25, 0.3) is 10.1 Å². The zero-order valence-corrected chi connectivity index (χ0v) is 16.6. The van der Waals surface area contributed by atoms with Crippen LogP contribution in [0.15, 0.2) is 65.6 Å². The van der Waals surface area contributed by atoms with E-state index in [1.165, 1.54) is 50.2 Å². The molecule has 0 fully saturated rings. The number of rotatable bonds is 8. The Bertz CT molecular complexity index is 899. The molecule has 0 radical (unpaired) electrons. The molecule has 0 aliphatic carbocycles. The van der Waals surface area contributed by atoms with E-state index >= 15 is 0 Å². The summed E-state index contributed by atoms with van der Waals surface area (Å²) in [4.78, 5) is 11.9. The van der Waals surface area contributed by atoms with Crippen LogP contribution in [-0.4, -0.2) is 32.8 Å². The van der Waals surface area contributed by atoms with Crippen LogP contribution >= 0.6 is 0 Å². The number of halogens is 3. The molecule has 2 rings (SSSR count). The van der Waals surface area contributed by atoms with Crippen LogP contribution in [0.4, 0.5) is 13.2 Å². The highest BCUT2D eigenvalue weighted by atomic mass is 32.2. The number of carbonyl (C=O) groups is 1. The molecule has 29 heavy (non-hydrogen) atoms. The van der Waals surface area contributed by atoms with Crippen molar-refractivity contribution >= 4 is 16.1 Å². The first-order valence-corrected chi connectivity index (χ1v) is 10.2. The van der Waals surface area contributed by atoms with Crippen molar-refractivity contribution in [3.63, 3.8) is 0 Å². The van der Waals surface area contributed by atoms with Crippen LogP contribution in [0.1, 0.15) is 30.6 Å². The fourth-order valence-corrected chi connectivity index (χ4v) is 3.73. The van der Waals surface area contributed by atoms with Gasteiger partial charge >= 0.3 is 12.1 Å². The highest BCUT2D eigenvalue weighted by Crippen LogP contribution is 2.31. The molecule has 0 aliphatic heterocycles. The van der Waals surface area contributed by atoms with E-state index < -0.39 is 46.8 Å². The van der Waals surface area contributed by atoms with Crippen molar-refractivity contribution in [2.75, 3.05) is 0 Å². The third-order valence-corrected chi connectivity index (χ3v) is 5.69. The Morgan fingerprint density at radius 1 is 0.966 bits per heavy atom. The van der Waals surface area contributed by atoms with Crippen LogP contribution in [0, 0.1) is 5.92 Å². The molecular weight excluding hydrogens is 409 g/mol. The van der Waals surface area contributed by atoms with Crippen molar-refractivity contribution in [2.45, 2.75) is 43.5 Å². The van der Waals surface area contributed by atoms with E-state index in [0.717, 1.165) is 0 Å². The van der Waals surface area contributed by atoms with Crippen LogP contribution in [0.2, 0.25) is 0 Å². The van der Waals surface area contributed by atoms with Gasteiger partial charge in [-0.25, -0.2) is 4.79 Å². The third-order valence-electron chi connectivity index (χ3n) is 4.34. The summed E-state index contributed by atoms with van der Waals surface area (Å²) in [6.45, 7) is 2.74. The summed E-state index contributed by atoms with van der Waals surface area (Å²) < 4.78 is 74.1. The Balaban J connectivity index is 2.18. The molecule has 0 aliphatic rings. The molecule has 0 saturated carbocycles. The van der Waals surface area contributed by atoms with E-state index in [4.69, 9.17) is 8.92 Å². The van der Waals surface area contributed by atoms with Gasteiger partial charge in [0.05, 0.1) is 23.0 Å². The lowest BCUT2D eigenvalue weighted by molar-refractivity contribution is -0.158. The summed E-state index contributed by atoms with van der Waals surface area (Å²) in [5.74, 6) is -1.77. The average Bonchev–Trinajstić information content (AvgIpc) is 2.67. The second kappa shape index (κ2) is 9.41. The van der Waals surface area contributed by atoms with E-state index in [-0.39, 0.29) is 10.5 Å². The highest BCUT2D eigenvalue weighted by molar-refractivity contribution is 7.86. The van der Waals surface area contributed by atoms with Crippen molar-refractivity contribution in [1.29, 1.82) is 0 Å². The van der Waals surface area contributed by atoms with Gasteiger partial charge in [-0.1, -0.05) is 43.3 Å². The van der Waals surface area contributed by atoms with Gasteiger partial charge < -0.3 is 4.74 Å². The molecule has 0 heterocycles. The first kappa shape index (κ1) is 22.9. The maximum absolute atomic E-state index is 13.1. The van der Waals surface area contributed by atoms with Crippen molar-refractivity contribution in [3.8, 4) is 0 Å². The Labute approximate surface area is 167 Å². The smallest absolute Gasteiger partial charge is 0.391 e. The minimum absolute atomic E-state index is 0.233. The van der Waals surface area contributed by atoms with Gasteiger partial charge in [-0.2, -0.15) is 21.6 Å². The lowest BCUT2D eigenvalue weighted by atomic mass is 9.96. The SMILES string of the molecule is CC(OC(=O)c1ccccc1)C(C)C(CC(F)(F)F)OS(=O)(=O)c1ccccc1. The van der Waals surface area contributed by atoms with E-state index in [2.05, 4.69) is 0 Å². The first-order chi connectivity index (χ1) is 13.5.